The van der Waals surface area contributed by atoms with E-state index in [2.05, 4.69) is 15.6 Å². The molecular formula is C21H29FIN3O. The zero-order valence-electron chi connectivity index (χ0n) is 15.7. The van der Waals surface area contributed by atoms with Crippen molar-refractivity contribution < 1.29 is 9.50 Å². The van der Waals surface area contributed by atoms with Gasteiger partial charge in [0.2, 0.25) is 0 Å². The van der Waals surface area contributed by atoms with Crippen LogP contribution in [-0.2, 0) is 6.42 Å². The molecule has 27 heavy (non-hydrogen) atoms. The number of halogens is 2. The van der Waals surface area contributed by atoms with Gasteiger partial charge in [0.05, 0.1) is 13.2 Å². The first-order valence-electron chi connectivity index (χ1n) is 9.15. The summed E-state index contributed by atoms with van der Waals surface area (Å²) in [7, 11) is 0. The lowest BCUT2D eigenvalue weighted by molar-refractivity contribution is 0.268. The van der Waals surface area contributed by atoms with Crippen molar-refractivity contribution in [3.05, 3.63) is 71.5 Å². The van der Waals surface area contributed by atoms with Crippen molar-refractivity contribution in [1.82, 2.24) is 10.6 Å². The number of benzene rings is 2. The number of aliphatic hydroxyl groups excluding tert-OH is 1. The average molecular weight is 485 g/mol. The zero-order valence-corrected chi connectivity index (χ0v) is 18.0. The normalized spacial score (nSPS) is 12.2. The molecule has 0 aromatic heterocycles. The van der Waals surface area contributed by atoms with E-state index in [1.807, 2.05) is 43.3 Å². The molecular weight excluding hydrogens is 456 g/mol. The van der Waals surface area contributed by atoms with Gasteiger partial charge in [-0.25, -0.2) is 4.39 Å². The van der Waals surface area contributed by atoms with Crippen LogP contribution in [0.25, 0.3) is 0 Å². The Labute approximate surface area is 178 Å². The van der Waals surface area contributed by atoms with Gasteiger partial charge >= 0.3 is 0 Å². The number of rotatable bonds is 9. The van der Waals surface area contributed by atoms with Crippen LogP contribution in [0.2, 0.25) is 0 Å². The SMILES string of the molecule is CCNC(=NCC(CO)c1ccccc1)NCCCc1cccc(F)c1.I. The van der Waals surface area contributed by atoms with Gasteiger partial charge in [0.1, 0.15) is 5.82 Å². The minimum atomic E-state index is -0.193. The summed E-state index contributed by atoms with van der Waals surface area (Å²) in [6, 6.07) is 16.6. The van der Waals surface area contributed by atoms with Gasteiger partial charge in [0, 0.05) is 19.0 Å². The summed E-state index contributed by atoms with van der Waals surface area (Å²) < 4.78 is 13.2. The van der Waals surface area contributed by atoms with Crippen molar-refractivity contribution in [2.75, 3.05) is 26.2 Å². The Bertz CT molecular complexity index is 682. The van der Waals surface area contributed by atoms with Crippen molar-refractivity contribution >= 4 is 29.9 Å². The van der Waals surface area contributed by atoms with Crippen LogP contribution in [0.1, 0.15) is 30.4 Å². The van der Waals surface area contributed by atoms with Crippen LogP contribution in [0.3, 0.4) is 0 Å². The summed E-state index contributed by atoms with van der Waals surface area (Å²) in [5, 5.41) is 16.2. The highest BCUT2D eigenvalue weighted by molar-refractivity contribution is 14.0. The van der Waals surface area contributed by atoms with Crippen molar-refractivity contribution in [3.63, 3.8) is 0 Å². The summed E-state index contributed by atoms with van der Waals surface area (Å²) in [5.41, 5.74) is 2.08. The Morgan fingerprint density at radius 3 is 2.56 bits per heavy atom. The van der Waals surface area contributed by atoms with E-state index in [0.717, 1.165) is 43.0 Å². The van der Waals surface area contributed by atoms with E-state index in [1.165, 1.54) is 6.07 Å². The van der Waals surface area contributed by atoms with Gasteiger partial charge in [0.25, 0.3) is 0 Å². The fourth-order valence-corrected chi connectivity index (χ4v) is 2.73. The van der Waals surface area contributed by atoms with Crippen LogP contribution >= 0.6 is 24.0 Å². The van der Waals surface area contributed by atoms with Crippen LogP contribution in [-0.4, -0.2) is 37.3 Å². The highest BCUT2D eigenvalue weighted by atomic mass is 127. The molecule has 0 aliphatic carbocycles. The third-order valence-corrected chi connectivity index (χ3v) is 4.13. The highest BCUT2D eigenvalue weighted by Gasteiger charge is 2.09. The smallest absolute Gasteiger partial charge is 0.191 e. The van der Waals surface area contributed by atoms with E-state index in [4.69, 9.17) is 0 Å². The molecule has 2 aromatic carbocycles. The fraction of sp³-hybridized carbons (Fsp3) is 0.381. The van der Waals surface area contributed by atoms with Gasteiger partial charge in [0.15, 0.2) is 5.96 Å². The highest BCUT2D eigenvalue weighted by Crippen LogP contribution is 2.14. The van der Waals surface area contributed by atoms with E-state index in [9.17, 15) is 9.50 Å². The van der Waals surface area contributed by atoms with Gasteiger partial charge < -0.3 is 15.7 Å². The van der Waals surface area contributed by atoms with Gasteiger partial charge in [-0.05, 0) is 43.0 Å². The van der Waals surface area contributed by atoms with Gasteiger partial charge in [-0.2, -0.15) is 0 Å². The number of nitrogens with zero attached hydrogens (tertiary/aromatic N) is 1. The van der Waals surface area contributed by atoms with Crippen molar-refractivity contribution in [1.29, 1.82) is 0 Å². The average Bonchev–Trinajstić information content (AvgIpc) is 2.66. The molecule has 0 aliphatic heterocycles. The number of aliphatic imine (C=N–C) groups is 1. The van der Waals surface area contributed by atoms with Crippen LogP contribution < -0.4 is 10.6 Å². The predicted octanol–water partition coefficient (Wildman–Crippen LogP) is 3.71. The molecule has 3 N–H and O–H groups in total. The molecule has 0 bridgehead atoms. The first kappa shape index (κ1) is 23.4. The molecule has 1 unspecified atom stereocenters. The quantitative estimate of drug-likeness (QED) is 0.220. The monoisotopic (exact) mass is 485 g/mol. The Kier molecular flexibility index (Phi) is 11.7. The molecule has 0 spiro atoms. The molecule has 0 fully saturated rings. The second kappa shape index (κ2) is 13.5. The Morgan fingerprint density at radius 2 is 1.89 bits per heavy atom. The minimum Gasteiger partial charge on any atom is -0.396 e. The summed E-state index contributed by atoms with van der Waals surface area (Å²) >= 11 is 0. The number of aliphatic hydroxyl groups is 1. The van der Waals surface area contributed by atoms with E-state index < -0.39 is 0 Å². The predicted molar refractivity (Wildman–Crippen MR) is 120 cm³/mol. The summed E-state index contributed by atoms with van der Waals surface area (Å²) in [6.45, 7) is 4.11. The maximum Gasteiger partial charge on any atom is 0.191 e. The second-order valence-electron chi connectivity index (χ2n) is 6.17. The lowest BCUT2D eigenvalue weighted by atomic mass is 10.0. The first-order valence-corrected chi connectivity index (χ1v) is 9.15. The number of hydrogen-bond acceptors (Lipinski definition) is 2. The molecule has 0 saturated heterocycles. The maximum absolute atomic E-state index is 13.2. The van der Waals surface area contributed by atoms with Crippen LogP contribution in [0.4, 0.5) is 4.39 Å². The maximum atomic E-state index is 13.2. The molecule has 6 heteroatoms. The second-order valence-corrected chi connectivity index (χ2v) is 6.17. The van der Waals surface area contributed by atoms with E-state index >= 15 is 0 Å². The standard InChI is InChI=1S/C21H28FN3O.HI/c1-2-23-21(24-13-7-9-17-8-6-12-20(22)14-17)25-15-19(16-26)18-10-4-3-5-11-18;/h3-6,8,10-12,14,19,26H,2,7,9,13,15-16H2,1H3,(H2,23,24,25);1H. The van der Waals surface area contributed by atoms with E-state index in [1.54, 1.807) is 12.1 Å². The van der Waals surface area contributed by atoms with Gasteiger partial charge in [-0.3, -0.25) is 4.99 Å². The molecule has 1 atom stereocenters. The van der Waals surface area contributed by atoms with E-state index in [0.29, 0.717) is 6.54 Å². The fourth-order valence-electron chi connectivity index (χ4n) is 2.73. The number of nitrogens with one attached hydrogen (secondary N) is 2. The Hall–Kier alpha value is -1.67. The number of aryl methyl sites for hydroxylation is 1. The summed E-state index contributed by atoms with van der Waals surface area (Å²) in [5.74, 6) is 0.529. The van der Waals surface area contributed by atoms with Crippen molar-refractivity contribution in [3.8, 4) is 0 Å². The van der Waals surface area contributed by atoms with Crippen LogP contribution in [0.5, 0.6) is 0 Å². The van der Waals surface area contributed by atoms with Gasteiger partial charge in [-0.1, -0.05) is 42.5 Å². The number of guanidine groups is 1. The minimum absolute atomic E-state index is 0. The topological polar surface area (TPSA) is 56.7 Å². The molecule has 148 valence electrons. The lowest BCUT2D eigenvalue weighted by Gasteiger charge is -2.15. The molecule has 0 amide bonds. The first-order chi connectivity index (χ1) is 12.7. The molecule has 0 heterocycles. The third kappa shape index (κ3) is 8.71. The molecule has 0 saturated carbocycles. The lowest BCUT2D eigenvalue weighted by Crippen LogP contribution is -2.38. The zero-order chi connectivity index (χ0) is 18.6. The summed E-state index contributed by atoms with van der Waals surface area (Å²) in [4.78, 5) is 4.59. The Balaban J connectivity index is 0.00000364. The molecule has 4 nitrogen and oxygen atoms in total. The van der Waals surface area contributed by atoms with Crippen molar-refractivity contribution in [2.24, 2.45) is 4.99 Å². The van der Waals surface area contributed by atoms with E-state index in [-0.39, 0.29) is 42.3 Å². The summed E-state index contributed by atoms with van der Waals surface area (Å²) in [6.07, 6.45) is 1.70. The van der Waals surface area contributed by atoms with Crippen molar-refractivity contribution in [2.45, 2.75) is 25.7 Å². The van der Waals surface area contributed by atoms with Gasteiger partial charge in [-0.15, -0.1) is 24.0 Å². The number of hydrogen-bond donors (Lipinski definition) is 3. The van der Waals surface area contributed by atoms with Crippen LogP contribution in [0.15, 0.2) is 59.6 Å². The molecule has 0 aliphatic rings. The van der Waals surface area contributed by atoms with Crippen LogP contribution in [0, 0.1) is 5.82 Å². The Morgan fingerprint density at radius 1 is 1.11 bits per heavy atom. The molecule has 0 radical (unpaired) electrons. The third-order valence-electron chi connectivity index (χ3n) is 4.13. The molecule has 2 aromatic rings. The largest absolute Gasteiger partial charge is 0.396 e. The molecule has 2 rings (SSSR count).